The summed E-state index contributed by atoms with van der Waals surface area (Å²) < 4.78 is 4.92. The van der Waals surface area contributed by atoms with Gasteiger partial charge in [0, 0.05) is 17.8 Å². The van der Waals surface area contributed by atoms with Gasteiger partial charge in [-0.3, -0.25) is 0 Å². The minimum absolute atomic E-state index is 0.223. The van der Waals surface area contributed by atoms with E-state index in [1.54, 1.807) is 12.5 Å². The quantitative estimate of drug-likeness (QED) is 0.871. The van der Waals surface area contributed by atoms with Crippen molar-refractivity contribution >= 4 is 11.7 Å². The molecular weight excluding hydrogens is 228 g/mol. The predicted molar refractivity (Wildman–Crippen MR) is 70.5 cm³/mol. The first-order valence-electron chi connectivity index (χ1n) is 5.78. The molecule has 0 atom stereocenters. The van der Waals surface area contributed by atoms with Gasteiger partial charge in [-0.2, -0.15) is 0 Å². The van der Waals surface area contributed by atoms with Gasteiger partial charge < -0.3 is 15.1 Å². The van der Waals surface area contributed by atoms with Crippen LogP contribution in [-0.4, -0.2) is 6.03 Å². The van der Waals surface area contributed by atoms with Crippen LogP contribution < -0.4 is 10.6 Å². The maximum absolute atomic E-state index is 11.7. The molecule has 0 unspecified atom stereocenters. The Morgan fingerprint density at radius 2 is 2.06 bits per heavy atom. The highest BCUT2D eigenvalue weighted by atomic mass is 16.3. The van der Waals surface area contributed by atoms with Crippen molar-refractivity contribution in [3.63, 3.8) is 0 Å². The van der Waals surface area contributed by atoms with Gasteiger partial charge in [-0.25, -0.2) is 4.79 Å². The zero-order valence-corrected chi connectivity index (χ0v) is 10.5. The van der Waals surface area contributed by atoms with Crippen LogP contribution in [0.25, 0.3) is 0 Å². The van der Waals surface area contributed by atoms with E-state index in [1.165, 1.54) is 5.56 Å². The van der Waals surface area contributed by atoms with Crippen LogP contribution >= 0.6 is 0 Å². The molecule has 2 amide bonds. The maximum atomic E-state index is 11.7. The average Bonchev–Trinajstić information content (AvgIpc) is 2.84. The summed E-state index contributed by atoms with van der Waals surface area (Å²) >= 11 is 0. The number of amides is 2. The first-order valence-corrected chi connectivity index (χ1v) is 5.78. The number of carbonyl (C=O) groups excluding carboxylic acids is 1. The van der Waals surface area contributed by atoms with Crippen LogP contribution in [0.15, 0.2) is 41.2 Å². The Morgan fingerprint density at radius 1 is 1.22 bits per heavy atom. The number of furan rings is 1. The standard InChI is InChI=1S/C14H16N2O2/c1-10-3-4-13(7-11(10)2)16-14(17)15-8-12-5-6-18-9-12/h3-7,9H,8H2,1-2H3,(H2,15,16,17). The van der Waals surface area contributed by atoms with Crippen LogP contribution in [0.2, 0.25) is 0 Å². The zero-order valence-electron chi connectivity index (χ0n) is 10.5. The van der Waals surface area contributed by atoms with Crippen LogP contribution in [0.4, 0.5) is 10.5 Å². The fourth-order valence-corrected chi connectivity index (χ4v) is 1.57. The maximum Gasteiger partial charge on any atom is 0.319 e. The highest BCUT2D eigenvalue weighted by Gasteiger charge is 2.03. The van der Waals surface area contributed by atoms with Crippen molar-refractivity contribution in [2.45, 2.75) is 20.4 Å². The number of carbonyl (C=O) groups is 1. The number of hydrogen-bond acceptors (Lipinski definition) is 2. The number of aryl methyl sites for hydroxylation is 2. The molecule has 4 nitrogen and oxygen atoms in total. The van der Waals surface area contributed by atoms with E-state index < -0.39 is 0 Å². The molecule has 0 aliphatic rings. The predicted octanol–water partition coefficient (Wildman–Crippen LogP) is 3.22. The van der Waals surface area contributed by atoms with Gasteiger partial charge in [-0.1, -0.05) is 6.07 Å². The second kappa shape index (κ2) is 5.40. The van der Waals surface area contributed by atoms with Crippen molar-refractivity contribution in [1.82, 2.24) is 5.32 Å². The average molecular weight is 244 g/mol. The Labute approximate surface area is 106 Å². The molecule has 0 aliphatic carbocycles. The molecule has 1 aromatic heterocycles. The fourth-order valence-electron chi connectivity index (χ4n) is 1.57. The number of rotatable bonds is 3. The number of hydrogen-bond donors (Lipinski definition) is 2. The third-order valence-corrected chi connectivity index (χ3v) is 2.80. The van der Waals surface area contributed by atoms with Crippen LogP contribution in [0.5, 0.6) is 0 Å². The van der Waals surface area contributed by atoms with E-state index in [0.717, 1.165) is 16.8 Å². The van der Waals surface area contributed by atoms with Crippen LogP contribution in [0.1, 0.15) is 16.7 Å². The summed E-state index contributed by atoms with van der Waals surface area (Å²) in [6.07, 6.45) is 3.19. The third-order valence-electron chi connectivity index (χ3n) is 2.80. The van der Waals surface area contributed by atoms with E-state index in [0.29, 0.717) is 6.54 Å². The molecule has 1 heterocycles. The van der Waals surface area contributed by atoms with E-state index >= 15 is 0 Å². The Balaban J connectivity index is 1.88. The van der Waals surface area contributed by atoms with Gasteiger partial charge in [0.2, 0.25) is 0 Å². The van der Waals surface area contributed by atoms with Gasteiger partial charge in [0.25, 0.3) is 0 Å². The van der Waals surface area contributed by atoms with Gasteiger partial charge in [0.05, 0.1) is 12.5 Å². The highest BCUT2D eigenvalue weighted by molar-refractivity contribution is 5.89. The topological polar surface area (TPSA) is 54.3 Å². The second-order valence-corrected chi connectivity index (χ2v) is 4.24. The Bertz CT molecular complexity index is 533. The minimum Gasteiger partial charge on any atom is -0.472 e. The van der Waals surface area contributed by atoms with Crippen LogP contribution in [0.3, 0.4) is 0 Å². The van der Waals surface area contributed by atoms with E-state index in [2.05, 4.69) is 10.6 Å². The molecule has 0 radical (unpaired) electrons. The van der Waals surface area contributed by atoms with Crippen LogP contribution in [-0.2, 0) is 6.54 Å². The summed E-state index contributed by atoms with van der Waals surface area (Å²) in [4.78, 5) is 11.7. The Morgan fingerprint density at radius 3 is 2.72 bits per heavy atom. The Hall–Kier alpha value is -2.23. The molecule has 0 saturated carbocycles. The first kappa shape index (κ1) is 12.2. The molecule has 0 aliphatic heterocycles. The lowest BCUT2D eigenvalue weighted by Gasteiger charge is -2.08. The second-order valence-electron chi connectivity index (χ2n) is 4.24. The zero-order chi connectivity index (χ0) is 13.0. The lowest BCUT2D eigenvalue weighted by molar-refractivity contribution is 0.251. The molecule has 0 fully saturated rings. The summed E-state index contributed by atoms with van der Waals surface area (Å²) in [6, 6.07) is 7.42. The number of anilines is 1. The number of urea groups is 1. The molecule has 94 valence electrons. The summed E-state index contributed by atoms with van der Waals surface area (Å²) in [7, 11) is 0. The van der Waals surface area contributed by atoms with Gasteiger partial charge in [0.1, 0.15) is 0 Å². The molecular formula is C14H16N2O2. The number of benzene rings is 1. The van der Waals surface area contributed by atoms with E-state index in [1.807, 2.05) is 38.1 Å². The summed E-state index contributed by atoms with van der Waals surface area (Å²) in [6.45, 7) is 4.51. The van der Waals surface area contributed by atoms with E-state index in [-0.39, 0.29) is 6.03 Å². The number of nitrogens with one attached hydrogen (secondary N) is 2. The molecule has 2 aromatic rings. The summed E-state index contributed by atoms with van der Waals surface area (Å²) in [5.74, 6) is 0. The monoisotopic (exact) mass is 244 g/mol. The van der Waals surface area contributed by atoms with Gasteiger partial charge >= 0.3 is 6.03 Å². The van der Waals surface area contributed by atoms with E-state index in [4.69, 9.17) is 4.42 Å². The molecule has 0 spiro atoms. The van der Waals surface area contributed by atoms with Gasteiger partial charge in [-0.05, 0) is 43.2 Å². The molecule has 1 aromatic carbocycles. The first-order chi connectivity index (χ1) is 8.65. The fraction of sp³-hybridized carbons (Fsp3) is 0.214. The van der Waals surface area contributed by atoms with Gasteiger partial charge in [0.15, 0.2) is 0 Å². The Kier molecular flexibility index (Phi) is 3.67. The van der Waals surface area contributed by atoms with E-state index in [9.17, 15) is 4.79 Å². The molecule has 0 saturated heterocycles. The highest BCUT2D eigenvalue weighted by Crippen LogP contribution is 2.13. The lowest BCUT2D eigenvalue weighted by Crippen LogP contribution is -2.28. The van der Waals surface area contributed by atoms with Crippen molar-refractivity contribution in [2.24, 2.45) is 0 Å². The molecule has 18 heavy (non-hydrogen) atoms. The van der Waals surface area contributed by atoms with Crippen molar-refractivity contribution in [3.8, 4) is 0 Å². The lowest BCUT2D eigenvalue weighted by atomic mass is 10.1. The minimum atomic E-state index is -0.223. The summed E-state index contributed by atoms with van der Waals surface area (Å²) in [5.41, 5.74) is 4.09. The third kappa shape index (κ3) is 3.13. The van der Waals surface area contributed by atoms with Gasteiger partial charge in [-0.15, -0.1) is 0 Å². The molecule has 0 bridgehead atoms. The smallest absolute Gasteiger partial charge is 0.319 e. The molecule has 2 rings (SSSR count). The normalized spacial score (nSPS) is 10.1. The van der Waals surface area contributed by atoms with Crippen molar-refractivity contribution < 1.29 is 9.21 Å². The SMILES string of the molecule is Cc1ccc(NC(=O)NCc2ccoc2)cc1C. The van der Waals surface area contributed by atoms with Crippen molar-refractivity contribution in [2.75, 3.05) is 5.32 Å². The molecule has 4 heteroatoms. The van der Waals surface area contributed by atoms with Crippen molar-refractivity contribution in [1.29, 1.82) is 0 Å². The molecule has 2 N–H and O–H groups in total. The summed E-state index contributed by atoms with van der Waals surface area (Å²) in [5, 5.41) is 5.55. The van der Waals surface area contributed by atoms with Crippen molar-refractivity contribution in [3.05, 3.63) is 53.5 Å². The largest absolute Gasteiger partial charge is 0.472 e. The van der Waals surface area contributed by atoms with Crippen LogP contribution in [0, 0.1) is 13.8 Å².